The zero-order valence-corrected chi connectivity index (χ0v) is 9.96. The van der Waals surface area contributed by atoms with Crippen molar-refractivity contribution in [3.05, 3.63) is 0 Å². The number of hydrogen-bond acceptors (Lipinski definition) is 2. The average Bonchev–Trinajstić information content (AvgIpc) is 2.22. The van der Waals surface area contributed by atoms with Crippen molar-refractivity contribution >= 4 is 12.1 Å². The van der Waals surface area contributed by atoms with Gasteiger partial charge in [-0.2, -0.15) is 0 Å². The van der Waals surface area contributed by atoms with Crippen molar-refractivity contribution in [2.75, 3.05) is 0 Å². The number of carbonyl (C=O) groups is 2. The normalized spacial score (nSPS) is 10.2. The van der Waals surface area contributed by atoms with Crippen LogP contribution in [0.4, 0.5) is 0 Å². The third kappa shape index (κ3) is 11.3. The lowest BCUT2D eigenvalue weighted by atomic mass is 10.1. The summed E-state index contributed by atoms with van der Waals surface area (Å²) in [5, 5.41) is 0. The van der Waals surface area contributed by atoms with E-state index < -0.39 is 0 Å². The molecule has 0 heterocycles. The van der Waals surface area contributed by atoms with Crippen LogP contribution in [0.2, 0.25) is 0 Å². The molecule has 0 aromatic carbocycles. The summed E-state index contributed by atoms with van der Waals surface area (Å²) in [4.78, 5) is 21.0. The molecule has 0 aromatic heterocycles. The lowest BCUT2D eigenvalue weighted by Gasteiger charge is -2.00. The molecule has 0 saturated carbocycles. The van der Waals surface area contributed by atoms with Crippen molar-refractivity contribution in [1.29, 1.82) is 0 Å². The highest BCUT2D eigenvalue weighted by molar-refractivity contribution is 5.89. The Morgan fingerprint density at radius 3 is 2.00 bits per heavy atom. The van der Waals surface area contributed by atoms with Crippen LogP contribution in [0.25, 0.3) is 0 Å². The molecule has 2 nitrogen and oxygen atoms in total. The van der Waals surface area contributed by atoms with E-state index in [0.717, 1.165) is 12.8 Å². The zero-order chi connectivity index (χ0) is 11.4. The second-order valence-electron chi connectivity index (χ2n) is 4.13. The first-order valence-electron chi connectivity index (χ1n) is 6.26. The van der Waals surface area contributed by atoms with E-state index >= 15 is 0 Å². The van der Waals surface area contributed by atoms with E-state index in [1.807, 2.05) is 0 Å². The van der Waals surface area contributed by atoms with Crippen LogP contribution in [0.15, 0.2) is 0 Å². The lowest BCUT2D eigenvalue weighted by molar-refractivity contribution is -0.122. The van der Waals surface area contributed by atoms with Gasteiger partial charge in [-0.3, -0.25) is 4.79 Å². The van der Waals surface area contributed by atoms with Gasteiger partial charge in [0.15, 0.2) is 0 Å². The molecule has 0 fully saturated rings. The summed E-state index contributed by atoms with van der Waals surface area (Å²) in [6.45, 7) is 2.22. The highest BCUT2D eigenvalue weighted by Crippen LogP contribution is 2.09. The van der Waals surface area contributed by atoms with Crippen LogP contribution < -0.4 is 0 Å². The molecule has 2 heteroatoms. The molecule has 15 heavy (non-hydrogen) atoms. The van der Waals surface area contributed by atoms with Gasteiger partial charge in [0.2, 0.25) is 0 Å². The smallest absolute Gasteiger partial charge is 0.139 e. The summed E-state index contributed by atoms with van der Waals surface area (Å²) >= 11 is 0. The van der Waals surface area contributed by atoms with Crippen LogP contribution in [-0.4, -0.2) is 12.1 Å². The maximum absolute atomic E-state index is 11.0. The standard InChI is InChI=1S/C13H24O2/c1-2-3-4-5-6-7-8-9-10-13(15)11-12-14/h12H,2-11H2,1H3. The van der Waals surface area contributed by atoms with E-state index in [1.54, 1.807) is 0 Å². The van der Waals surface area contributed by atoms with E-state index in [4.69, 9.17) is 0 Å². The summed E-state index contributed by atoms with van der Waals surface area (Å²) in [5.74, 6) is 0.0935. The molecule has 0 radical (unpaired) electrons. The Morgan fingerprint density at radius 2 is 1.47 bits per heavy atom. The minimum Gasteiger partial charge on any atom is -0.303 e. The van der Waals surface area contributed by atoms with Crippen LogP contribution in [0.3, 0.4) is 0 Å². The van der Waals surface area contributed by atoms with E-state index in [-0.39, 0.29) is 12.2 Å². The highest BCUT2D eigenvalue weighted by atomic mass is 16.1. The van der Waals surface area contributed by atoms with Gasteiger partial charge in [-0.05, 0) is 6.42 Å². The van der Waals surface area contributed by atoms with Gasteiger partial charge in [0, 0.05) is 6.42 Å². The first kappa shape index (κ1) is 14.3. The second kappa shape index (κ2) is 11.4. The van der Waals surface area contributed by atoms with Gasteiger partial charge in [-0.15, -0.1) is 0 Å². The van der Waals surface area contributed by atoms with E-state index in [0.29, 0.717) is 12.7 Å². The van der Waals surface area contributed by atoms with Crippen molar-refractivity contribution in [3.63, 3.8) is 0 Å². The average molecular weight is 212 g/mol. The summed E-state index contributed by atoms with van der Waals surface area (Å²) in [7, 11) is 0. The van der Waals surface area contributed by atoms with Gasteiger partial charge in [0.1, 0.15) is 12.1 Å². The topological polar surface area (TPSA) is 34.1 Å². The first-order valence-corrected chi connectivity index (χ1v) is 6.26. The molecular weight excluding hydrogens is 188 g/mol. The Hall–Kier alpha value is -0.660. The molecule has 0 saturated heterocycles. The van der Waals surface area contributed by atoms with Crippen molar-refractivity contribution < 1.29 is 9.59 Å². The number of ketones is 1. The first-order chi connectivity index (χ1) is 7.31. The SMILES string of the molecule is CCCCCCCCCCC(=O)CC=O. The number of carbonyl (C=O) groups excluding carboxylic acids is 2. The molecule has 0 aliphatic heterocycles. The molecule has 0 unspecified atom stereocenters. The van der Waals surface area contributed by atoms with Gasteiger partial charge >= 0.3 is 0 Å². The fourth-order valence-electron chi connectivity index (χ4n) is 1.65. The maximum atomic E-state index is 11.0. The third-order valence-electron chi connectivity index (χ3n) is 2.62. The molecule has 0 amide bonds. The predicted molar refractivity (Wildman–Crippen MR) is 62.9 cm³/mol. The summed E-state index contributed by atoms with van der Waals surface area (Å²) in [5.41, 5.74) is 0. The van der Waals surface area contributed by atoms with Crippen molar-refractivity contribution in [3.8, 4) is 0 Å². The summed E-state index contributed by atoms with van der Waals surface area (Å²) < 4.78 is 0. The Balaban J connectivity index is 3.04. The lowest BCUT2D eigenvalue weighted by Crippen LogP contribution is -1.97. The van der Waals surface area contributed by atoms with Gasteiger partial charge in [0.05, 0.1) is 6.42 Å². The maximum Gasteiger partial charge on any atom is 0.139 e. The van der Waals surface area contributed by atoms with Crippen LogP contribution >= 0.6 is 0 Å². The van der Waals surface area contributed by atoms with Gasteiger partial charge in [-0.1, -0.05) is 51.9 Å². The van der Waals surface area contributed by atoms with Crippen LogP contribution in [0.5, 0.6) is 0 Å². The Bertz CT molecular complexity index is 164. The Morgan fingerprint density at radius 1 is 0.933 bits per heavy atom. The molecule has 0 aromatic rings. The third-order valence-corrected chi connectivity index (χ3v) is 2.62. The number of aldehydes is 1. The second-order valence-corrected chi connectivity index (χ2v) is 4.13. The summed E-state index contributed by atoms with van der Waals surface area (Å²) in [6, 6.07) is 0. The monoisotopic (exact) mass is 212 g/mol. The minimum atomic E-state index is 0.0935. The van der Waals surface area contributed by atoms with Crippen molar-refractivity contribution in [2.45, 2.75) is 71.1 Å². The Labute approximate surface area is 93.4 Å². The van der Waals surface area contributed by atoms with Gasteiger partial charge < -0.3 is 4.79 Å². The Kier molecular flexibility index (Phi) is 10.9. The van der Waals surface area contributed by atoms with Crippen molar-refractivity contribution in [1.82, 2.24) is 0 Å². The number of Topliss-reactive ketones (excluding diaryl/α,β-unsaturated/α-hetero) is 1. The molecule has 0 spiro atoms. The highest BCUT2D eigenvalue weighted by Gasteiger charge is 1.99. The molecular formula is C13H24O2. The van der Waals surface area contributed by atoms with Crippen LogP contribution in [-0.2, 0) is 9.59 Å². The largest absolute Gasteiger partial charge is 0.303 e. The van der Waals surface area contributed by atoms with Crippen LogP contribution in [0, 0.1) is 0 Å². The fourth-order valence-corrected chi connectivity index (χ4v) is 1.65. The quantitative estimate of drug-likeness (QED) is 0.297. The van der Waals surface area contributed by atoms with E-state index in [1.165, 1.54) is 38.5 Å². The number of rotatable bonds is 11. The minimum absolute atomic E-state index is 0.0935. The fraction of sp³-hybridized carbons (Fsp3) is 0.846. The molecule has 0 atom stereocenters. The summed E-state index contributed by atoms with van der Waals surface area (Å²) in [6.07, 6.45) is 11.3. The molecule has 88 valence electrons. The van der Waals surface area contributed by atoms with E-state index in [2.05, 4.69) is 6.92 Å². The van der Waals surface area contributed by atoms with E-state index in [9.17, 15) is 9.59 Å². The number of hydrogen-bond donors (Lipinski definition) is 0. The van der Waals surface area contributed by atoms with Crippen molar-refractivity contribution in [2.24, 2.45) is 0 Å². The molecule has 0 aliphatic rings. The predicted octanol–water partition coefficient (Wildman–Crippen LogP) is 3.68. The molecule has 0 N–H and O–H groups in total. The van der Waals surface area contributed by atoms with Gasteiger partial charge in [0.25, 0.3) is 0 Å². The molecule has 0 bridgehead atoms. The number of unbranched alkanes of at least 4 members (excludes halogenated alkanes) is 7. The van der Waals surface area contributed by atoms with Crippen LogP contribution in [0.1, 0.15) is 71.1 Å². The molecule has 0 rings (SSSR count). The zero-order valence-electron chi connectivity index (χ0n) is 9.96. The van der Waals surface area contributed by atoms with Gasteiger partial charge in [-0.25, -0.2) is 0 Å². The molecule has 0 aliphatic carbocycles.